The van der Waals surface area contributed by atoms with Crippen LogP contribution in [0.1, 0.15) is 12.5 Å². The minimum Gasteiger partial charge on any atom is -0.494 e. The molecule has 2 aromatic rings. The number of ether oxygens (including phenoxy) is 1. The maximum Gasteiger partial charge on any atom is 0.323 e. The normalized spacial score (nSPS) is 12.4. The number of aliphatic imine (C=N–C) groups is 1. The number of anilines is 2. The van der Waals surface area contributed by atoms with Gasteiger partial charge in [0.2, 0.25) is 0 Å². The van der Waals surface area contributed by atoms with Crippen LogP contribution < -0.4 is 20.7 Å². The smallest absolute Gasteiger partial charge is 0.323 e. The summed E-state index contributed by atoms with van der Waals surface area (Å²) in [5.41, 5.74) is 2.38. The van der Waals surface area contributed by atoms with Gasteiger partial charge in [0, 0.05) is 23.5 Å². The molecular weight excluding hydrogens is 340 g/mol. The molecule has 2 aromatic carbocycles. The molecule has 0 spiro atoms. The Morgan fingerprint density at radius 3 is 2.60 bits per heavy atom. The Hall–Kier alpha value is -2.73. The van der Waals surface area contributed by atoms with Crippen molar-refractivity contribution in [3.8, 4) is 5.75 Å². The fourth-order valence-corrected chi connectivity index (χ4v) is 2.43. The van der Waals surface area contributed by atoms with Crippen molar-refractivity contribution in [3.63, 3.8) is 0 Å². The summed E-state index contributed by atoms with van der Waals surface area (Å²) in [6, 6.07) is 14.6. The molecule has 0 unspecified atom stereocenters. The molecular formula is C18H21ClN4O2. The van der Waals surface area contributed by atoms with Crippen LogP contribution in [0.2, 0.25) is 0 Å². The van der Waals surface area contributed by atoms with Gasteiger partial charge in [0.05, 0.1) is 13.2 Å². The first-order valence-electron chi connectivity index (χ1n) is 7.94. The van der Waals surface area contributed by atoms with Crippen molar-refractivity contribution < 1.29 is 9.53 Å². The van der Waals surface area contributed by atoms with Crippen LogP contribution in [-0.4, -0.2) is 31.6 Å². The van der Waals surface area contributed by atoms with Crippen molar-refractivity contribution in [2.45, 2.75) is 6.92 Å². The van der Waals surface area contributed by atoms with Crippen LogP contribution in [0, 0.1) is 0 Å². The number of benzene rings is 2. The average molecular weight is 361 g/mol. The van der Waals surface area contributed by atoms with E-state index in [-0.39, 0.29) is 18.4 Å². The Morgan fingerprint density at radius 2 is 1.92 bits per heavy atom. The highest BCUT2D eigenvalue weighted by molar-refractivity contribution is 6.03. The van der Waals surface area contributed by atoms with Crippen LogP contribution in [0.3, 0.4) is 0 Å². The van der Waals surface area contributed by atoms with Crippen molar-refractivity contribution in [1.29, 1.82) is 0 Å². The van der Waals surface area contributed by atoms with Gasteiger partial charge in [-0.25, -0.2) is 4.79 Å². The zero-order chi connectivity index (χ0) is 16.8. The van der Waals surface area contributed by atoms with Crippen molar-refractivity contribution in [3.05, 3.63) is 54.1 Å². The summed E-state index contributed by atoms with van der Waals surface area (Å²) in [5.74, 6) is 1.64. The van der Waals surface area contributed by atoms with E-state index in [0.29, 0.717) is 18.0 Å². The van der Waals surface area contributed by atoms with Crippen LogP contribution in [0.5, 0.6) is 5.75 Å². The number of nitrogens with zero attached hydrogens (tertiary/aromatic N) is 1. The summed E-state index contributed by atoms with van der Waals surface area (Å²) < 4.78 is 5.38. The van der Waals surface area contributed by atoms with Gasteiger partial charge in [0.25, 0.3) is 0 Å². The van der Waals surface area contributed by atoms with Crippen LogP contribution in [0.15, 0.2) is 53.5 Å². The molecule has 7 heteroatoms. The predicted molar refractivity (Wildman–Crippen MR) is 103 cm³/mol. The summed E-state index contributed by atoms with van der Waals surface area (Å²) in [6.07, 6.45) is 0. The number of amides is 2. The van der Waals surface area contributed by atoms with E-state index >= 15 is 0 Å². The summed E-state index contributed by atoms with van der Waals surface area (Å²) in [5, 5.41) is 8.85. The van der Waals surface area contributed by atoms with Crippen molar-refractivity contribution in [1.82, 2.24) is 5.32 Å². The zero-order valence-electron chi connectivity index (χ0n) is 13.9. The Labute approximate surface area is 153 Å². The lowest BCUT2D eigenvalue weighted by Crippen LogP contribution is -2.21. The van der Waals surface area contributed by atoms with Crippen LogP contribution in [-0.2, 0) is 0 Å². The number of amidine groups is 1. The van der Waals surface area contributed by atoms with E-state index in [1.165, 1.54) is 0 Å². The van der Waals surface area contributed by atoms with Crippen LogP contribution >= 0.6 is 12.4 Å². The standard InChI is InChI=1S/C18H20N4O2.ClH/c1-2-24-16-8-6-14(7-9-16)21-18(23)22-15-5-3-4-13(12-15)17-19-10-11-20-17;/h3-9,12H,2,10-11H2,1H3,(H,19,20)(H2,21,22,23);1H. The number of hydrogen-bond donors (Lipinski definition) is 3. The van der Waals surface area contributed by atoms with Gasteiger partial charge in [0.1, 0.15) is 11.6 Å². The average Bonchev–Trinajstić information content (AvgIpc) is 3.12. The molecule has 1 aliphatic rings. The second kappa shape index (κ2) is 8.94. The lowest BCUT2D eigenvalue weighted by molar-refractivity contribution is 0.262. The number of hydrogen-bond acceptors (Lipinski definition) is 4. The molecule has 6 nitrogen and oxygen atoms in total. The highest BCUT2D eigenvalue weighted by Crippen LogP contribution is 2.17. The van der Waals surface area contributed by atoms with Crippen LogP contribution in [0.4, 0.5) is 16.2 Å². The maximum absolute atomic E-state index is 12.1. The van der Waals surface area contributed by atoms with Crippen molar-refractivity contribution in [2.75, 3.05) is 30.3 Å². The van der Waals surface area contributed by atoms with Gasteiger partial charge in [-0.1, -0.05) is 12.1 Å². The molecule has 1 aliphatic heterocycles. The van der Waals surface area contributed by atoms with E-state index in [2.05, 4.69) is 20.9 Å². The van der Waals surface area contributed by atoms with Gasteiger partial charge < -0.3 is 20.7 Å². The molecule has 0 radical (unpaired) electrons. The minimum absolute atomic E-state index is 0. The fraction of sp³-hybridized carbons (Fsp3) is 0.222. The van der Waals surface area contributed by atoms with Gasteiger partial charge in [-0.15, -0.1) is 12.4 Å². The quantitative estimate of drug-likeness (QED) is 0.764. The molecule has 0 aromatic heterocycles. The summed E-state index contributed by atoms with van der Waals surface area (Å²) in [7, 11) is 0. The molecule has 132 valence electrons. The predicted octanol–water partition coefficient (Wildman–Crippen LogP) is 3.50. The molecule has 2 amide bonds. The first-order valence-corrected chi connectivity index (χ1v) is 7.94. The van der Waals surface area contributed by atoms with E-state index in [0.717, 1.165) is 30.2 Å². The number of nitrogens with one attached hydrogen (secondary N) is 3. The lowest BCUT2D eigenvalue weighted by Gasteiger charge is -2.10. The van der Waals surface area contributed by atoms with Crippen LogP contribution in [0.25, 0.3) is 0 Å². The lowest BCUT2D eigenvalue weighted by atomic mass is 10.2. The number of carbonyl (C=O) groups excluding carboxylic acids is 1. The molecule has 0 bridgehead atoms. The third-order valence-electron chi connectivity index (χ3n) is 3.49. The second-order valence-electron chi connectivity index (χ2n) is 5.27. The van der Waals surface area contributed by atoms with E-state index in [9.17, 15) is 4.79 Å². The van der Waals surface area contributed by atoms with Gasteiger partial charge in [0.15, 0.2) is 0 Å². The first-order chi connectivity index (χ1) is 11.7. The van der Waals surface area contributed by atoms with E-state index < -0.39 is 0 Å². The van der Waals surface area contributed by atoms with Gasteiger partial charge in [-0.05, 0) is 43.3 Å². The Kier molecular flexibility index (Phi) is 6.65. The van der Waals surface area contributed by atoms with E-state index in [4.69, 9.17) is 4.74 Å². The Bertz CT molecular complexity index is 747. The molecule has 25 heavy (non-hydrogen) atoms. The number of carbonyl (C=O) groups is 1. The Balaban J connectivity index is 0.00000225. The molecule has 0 atom stereocenters. The summed E-state index contributed by atoms with van der Waals surface area (Å²) >= 11 is 0. The zero-order valence-corrected chi connectivity index (χ0v) is 14.7. The highest BCUT2D eigenvalue weighted by Gasteiger charge is 2.09. The molecule has 0 aliphatic carbocycles. The molecule has 0 fully saturated rings. The molecule has 3 rings (SSSR count). The summed E-state index contributed by atoms with van der Waals surface area (Å²) in [4.78, 5) is 16.5. The molecule has 1 heterocycles. The van der Waals surface area contributed by atoms with Crippen molar-refractivity contribution >= 4 is 35.6 Å². The molecule has 0 saturated carbocycles. The minimum atomic E-state index is -0.294. The summed E-state index contributed by atoms with van der Waals surface area (Å²) in [6.45, 7) is 4.18. The van der Waals surface area contributed by atoms with Gasteiger partial charge in [-0.3, -0.25) is 4.99 Å². The largest absolute Gasteiger partial charge is 0.494 e. The number of urea groups is 1. The third kappa shape index (κ3) is 5.12. The molecule has 3 N–H and O–H groups in total. The highest BCUT2D eigenvalue weighted by atomic mass is 35.5. The van der Waals surface area contributed by atoms with E-state index in [1.54, 1.807) is 12.1 Å². The maximum atomic E-state index is 12.1. The number of rotatable bonds is 5. The Morgan fingerprint density at radius 1 is 1.16 bits per heavy atom. The third-order valence-corrected chi connectivity index (χ3v) is 3.49. The number of halogens is 1. The SMILES string of the molecule is CCOc1ccc(NC(=O)Nc2cccc(C3=NCCN3)c2)cc1.Cl. The topological polar surface area (TPSA) is 74.8 Å². The van der Waals surface area contributed by atoms with Gasteiger partial charge in [-0.2, -0.15) is 0 Å². The molecule has 0 saturated heterocycles. The second-order valence-corrected chi connectivity index (χ2v) is 5.27. The fourth-order valence-electron chi connectivity index (χ4n) is 2.43. The first kappa shape index (κ1) is 18.6. The van der Waals surface area contributed by atoms with Crippen molar-refractivity contribution in [2.24, 2.45) is 4.99 Å². The van der Waals surface area contributed by atoms with Gasteiger partial charge >= 0.3 is 6.03 Å². The monoisotopic (exact) mass is 360 g/mol. The van der Waals surface area contributed by atoms with E-state index in [1.807, 2.05) is 43.3 Å².